The molecule has 4 heterocycles. The maximum absolute atomic E-state index is 7.01. The molecule has 71 heavy (non-hydrogen) atoms. The van der Waals surface area contributed by atoms with E-state index < -0.39 is 0 Å². The first-order chi connectivity index (χ1) is 35.2. The van der Waals surface area contributed by atoms with Crippen LogP contribution in [0.1, 0.15) is 0 Å². The molecule has 0 aliphatic heterocycles. The number of fused-ring (bicyclic) bond motifs is 12. The fourth-order valence-corrected chi connectivity index (χ4v) is 11.3. The predicted molar refractivity (Wildman–Crippen MR) is 294 cm³/mol. The molecule has 15 rings (SSSR count). The molecule has 332 valence electrons. The van der Waals surface area contributed by atoms with Gasteiger partial charge in [0.25, 0.3) is 0 Å². The van der Waals surface area contributed by atoms with Gasteiger partial charge in [-0.25, -0.2) is 0 Å². The first kappa shape index (κ1) is 39.4. The van der Waals surface area contributed by atoms with Crippen molar-refractivity contribution in [3.63, 3.8) is 0 Å². The van der Waals surface area contributed by atoms with Gasteiger partial charge in [-0.05, 0) is 119 Å². The molecular formula is C66H40N2O3. The minimum atomic E-state index is 0.832. The summed E-state index contributed by atoms with van der Waals surface area (Å²) in [6, 6.07) is 86.2. The van der Waals surface area contributed by atoms with E-state index in [0.717, 1.165) is 122 Å². The zero-order valence-electron chi connectivity index (χ0n) is 38.2. The number of hydrogen-bond donors (Lipinski definition) is 0. The SMILES string of the molecule is c1cc(-c2ccc(N(c3ccc(-c4cccc5oc6ccccc6c45)cc3)c3ccc(-c4cccc5oc6ccccc6c45)cc3)c3c2oc2ccccc23)cc(-n2c3ccccc3c3ccccc32)c1. The number of para-hydroxylation sites is 5. The van der Waals surface area contributed by atoms with Crippen LogP contribution < -0.4 is 4.90 Å². The van der Waals surface area contributed by atoms with E-state index in [1.165, 1.54) is 21.8 Å². The normalized spacial score (nSPS) is 11.9. The van der Waals surface area contributed by atoms with Crippen LogP contribution in [0, 0.1) is 0 Å². The summed E-state index contributed by atoms with van der Waals surface area (Å²) in [5.74, 6) is 0. The topological polar surface area (TPSA) is 47.6 Å². The van der Waals surface area contributed by atoms with Gasteiger partial charge in [0.05, 0.1) is 22.1 Å². The number of rotatable bonds is 7. The molecule has 0 N–H and O–H groups in total. The molecule has 0 bridgehead atoms. The van der Waals surface area contributed by atoms with E-state index in [9.17, 15) is 0 Å². The highest BCUT2D eigenvalue weighted by Crippen LogP contribution is 2.48. The highest BCUT2D eigenvalue weighted by atomic mass is 16.3. The Balaban J connectivity index is 0.919. The van der Waals surface area contributed by atoms with E-state index in [4.69, 9.17) is 13.3 Å². The molecule has 0 atom stereocenters. The van der Waals surface area contributed by atoms with Crippen molar-refractivity contribution >= 4 is 105 Å². The Morgan fingerprint density at radius 3 is 1.30 bits per heavy atom. The van der Waals surface area contributed by atoms with Crippen molar-refractivity contribution in [2.45, 2.75) is 0 Å². The van der Waals surface area contributed by atoms with Crippen molar-refractivity contribution in [1.29, 1.82) is 0 Å². The third kappa shape index (κ3) is 6.06. The average Bonchev–Trinajstić information content (AvgIpc) is 4.21. The summed E-state index contributed by atoms with van der Waals surface area (Å²) < 4.78 is 22.0. The molecule has 4 aromatic heterocycles. The van der Waals surface area contributed by atoms with Crippen LogP contribution >= 0.6 is 0 Å². The zero-order chi connectivity index (χ0) is 46.6. The maximum Gasteiger partial charge on any atom is 0.145 e. The van der Waals surface area contributed by atoms with E-state index in [2.05, 4.69) is 228 Å². The molecule has 0 spiro atoms. The summed E-state index contributed by atoms with van der Waals surface area (Å²) in [5.41, 5.74) is 18.3. The molecule has 15 aromatic rings. The Hall–Kier alpha value is -9.58. The summed E-state index contributed by atoms with van der Waals surface area (Å²) >= 11 is 0. The number of aromatic nitrogens is 1. The van der Waals surface area contributed by atoms with Crippen LogP contribution in [-0.2, 0) is 0 Å². The summed E-state index contributed by atoms with van der Waals surface area (Å²) in [6.45, 7) is 0. The van der Waals surface area contributed by atoms with Crippen molar-refractivity contribution in [2.75, 3.05) is 4.90 Å². The quantitative estimate of drug-likeness (QED) is 0.160. The molecule has 5 nitrogen and oxygen atoms in total. The minimum absolute atomic E-state index is 0.832. The fraction of sp³-hybridized carbons (Fsp3) is 0. The molecule has 0 fully saturated rings. The van der Waals surface area contributed by atoms with E-state index >= 15 is 0 Å². The largest absolute Gasteiger partial charge is 0.456 e. The third-order valence-corrected chi connectivity index (χ3v) is 14.4. The lowest BCUT2D eigenvalue weighted by Crippen LogP contribution is -2.10. The highest BCUT2D eigenvalue weighted by molar-refractivity contribution is 6.18. The van der Waals surface area contributed by atoms with Crippen LogP contribution in [0.2, 0.25) is 0 Å². The number of furan rings is 3. The number of hydrogen-bond acceptors (Lipinski definition) is 4. The summed E-state index contributed by atoms with van der Waals surface area (Å²) in [4.78, 5) is 2.37. The molecule has 0 radical (unpaired) electrons. The van der Waals surface area contributed by atoms with Crippen molar-refractivity contribution < 1.29 is 13.3 Å². The fourth-order valence-electron chi connectivity index (χ4n) is 11.3. The van der Waals surface area contributed by atoms with Gasteiger partial charge in [0.15, 0.2) is 0 Å². The summed E-state index contributed by atoms with van der Waals surface area (Å²) in [6.07, 6.45) is 0. The molecule has 0 aliphatic carbocycles. The molecule has 11 aromatic carbocycles. The van der Waals surface area contributed by atoms with E-state index in [-0.39, 0.29) is 0 Å². The van der Waals surface area contributed by atoms with Gasteiger partial charge in [0, 0.05) is 60.3 Å². The van der Waals surface area contributed by atoms with Crippen molar-refractivity contribution in [3.05, 3.63) is 243 Å². The lowest BCUT2D eigenvalue weighted by molar-refractivity contribution is 0.668. The Morgan fingerprint density at radius 2 is 0.746 bits per heavy atom. The van der Waals surface area contributed by atoms with Gasteiger partial charge in [0.2, 0.25) is 0 Å². The highest BCUT2D eigenvalue weighted by Gasteiger charge is 2.24. The van der Waals surface area contributed by atoms with Crippen LogP contribution in [0.4, 0.5) is 17.1 Å². The maximum atomic E-state index is 7.01. The van der Waals surface area contributed by atoms with Crippen LogP contribution in [0.25, 0.3) is 127 Å². The third-order valence-electron chi connectivity index (χ3n) is 14.4. The molecule has 0 unspecified atom stereocenters. The summed E-state index contributed by atoms with van der Waals surface area (Å²) in [7, 11) is 0. The average molecular weight is 909 g/mol. The lowest BCUT2D eigenvalue weighted by Gasteiger charge is -2.27. The summed E-state index contributed by atoms with van der Waals surface area (Å²) in [5, 5.41) is 9.01. The number of benzene rings is 11. The van der Waals surface area contributed by atoms with Crippen LogP contribution in [0.15, 0.2) is 256 Å². The van der Waals surface area contributed by atoms with Gasteiger partial charge in [-0.1, -0.05) is 152 Å². The first-order valence-electron chi connectivity index (χ1n) is 24.1. The van der Waals surface area contributed by atoms with Crippen molar-refractivity contribution in [1.82, 2.24) is 4.57 Å². The van der Waals surface area contributed by atoms with Gasteiger partial charge in [0.1, 0.15) is 33.5 Å². The first-order valence-corrected chi connectivity index (χ1v) is 24.1. The monoisotopic (exact) mass is 908 g/mol. The van der Waals surface area contributed by atoms with E-state index in [1.807, 2.05) is 24.3 Å². The van der Waals surface area contributed by atoms with Crippen molar-refractivity contribution in [2.24, 2.45) is 0 Å². The van der Waals surface area contributed by atoms with Crippen LogP contribution in [0.3, 0.4) is 0 Å². The Labute approximate surface area is 407 Å². The molecule has 5 heteroatoms. The van der Waals surface area contributed by atoms with Gasteiger partial charge in [-0.15, -0.1) is 0 Å². The van der Waals surface area contributed by atoms with Crippen LogP contribution in [0.5, 0.6) is 0 Å². The lowest BCUT2D eigenvalue weighted by atomic mass is 9.97. The van der Waals surface area contributed by atoms with Gasteiger partial charge >= 0.3 is 0 Å². The smallest absolute Gasteiger partial charge is 0.145 e. The van der Waals surface area contributed by atoms with E-state index in [1.54, 1.807) is 0 Å². The molecular weight excluding hydrogens is 869 g/mol. The molecule has 0 aliphatic rings. The minimum Gasteiger partial charge on any atom is -0.456 e. The Morgan fingerprint density at radius 1 is 0.296 bits per heavy atom. The second-order valence-electron chi connectivity index (χ2n) is 18.3. The standard InChI is InChI=1S/C66H40N2O3/c1-6-23-55-50(16-1)51-17-2-7-24-56(51)68(55)46-15-11-14-43(40-46)49-38-39-57(65-54-20-5-10-27-60(54)71-66(49)65)67(44-34-30-41(31-35-44)47-21-12-28-61-63(47)52-18-3-8-25-58(52)69-61)45-36-32-42(33-37-45)48-22-13-29-62-64(48)53-19-4-9-26-59(53)70-62/h1-40H. The van der Waals surface area contributed by atoms with E-state index in [0.29, 0.717) is 0 Å². The molecule has 0 saturated heterocycles. The second-order valence-corrected chi connectivity index (χ2v) is 18.3. The molecule has 0 saturated carbocycles. The van der Waals surface area contributed by atoms with Gasteiger partial charge < -0.3 is 22.7 Å². The Kier molecular flexibility index (Phi) is 8.59. The van der Waals surface area contributed by atoms with Crippen LogP contribution in [-0.4, -0.2) is 4.57 Å². The number of anilines is 3. The zero-order valence-corrected chi connectivity index (χ0v) is 38.2. The Bertz CT molecular complexity index is 4380. The van der Waals surface area contributed by atoms with Gasteiger partial charge in [-0.2, -0.15) is 0 Å². The van der Waals surface area contributed by atoms with Gasteiger partial charge in [-0.3, -0.25) is 0 Å². The predicted octanol–water partition coefficient (Wildman–Crippen LogP) is 19.0. The molecule has 0 amide bonds. The second kappa shape index (κ2) is 15.5. The van der Waals surface area contributed by atoms with Crippen molar-refractivity contribution in [3.8, 4) is 39.1 Å². The number of nitrogens with zero attached hydrogens (tertiary/aromatic N) is 2.